The largest absolute Gasteiger partial charge is 0.233 e. The standard InChI is InChI=1S/C16H19ClN2/c1-6-13-12(5)18-16(19-15(13)17)14-8-10(3)9(2)7-11(14)4/h7-8H,6H2,1-5H3. The normalized spacial score (nSPS) is 10.8. The van der Waals surface area contributed by atoms with Crippen LogP contribution >= 0.6 is 11.6 Å². The van der Waals surface area contributed by atoms with Crippen LogP contribution in [0.4, 0.5) is 0 Å². The van der Waals surface area contributed by atoms with Crippen LogP contribution in [0, 0.1) is 27.7 Å². The number of aromatic nitrogens is 2. The summed E-state index contributed by atoms with van der Waals surface area (Å²) >= 11 is 6.26. The van der Waals surface area contributed by atoms with Gasteiger partial charge >= 0.3 is 0 Å². The molecule has 0 saturated carbocycles. The summed E-state index contributed by atoms with van der Waals surface area (Å²) < 4.78 is 0. The Morgan fingerprint density at radius 3 is 2.16 bits per heavy atom. The Kier molecular flexibility index (Phi) is 3.91. The molecule has 0 bridgehead atoms. The van der Waals surface area contributed by atoms with Crippen LogP contribution in [-0.4, -0.2) is 9.97 Å². The summed E-state index contributed by atoms with van der Waals surface area (Å²) in [4.78, 5) is 9.07. The van der Waals surface area contributed by atoms with Crippen LogP contribution in [0.5, 0.6) is 0 Å². The Bertz CT molecular complexity index is 610. The lowest BCUT2D eigenvalue weighted by Gasteiger charge is -2.11. The molecule has 2 rings (SSSR count). The summed E-state index contributed by atoms with van der Waals surface area (Å²) in [5.74, 6) is 0.723. The van der Waals surface area contributed by atoms with Crippen LogP contribution < -0.4 is 0 Å². The molecule has 0 aliphatic rings. The van der Waals surface area contributed by atoms with Crippen molar-refractivity contribution < 1.29 is 0 Å². The molecule has 19 heavy (non-hydrogen) atoms. The lowest BCUT2D eigenvalue weighted by atomic mass is 10.00. The van der Waals surface area contributed by atoms with Crippen LogP contribution in [0.2, 0.25) is 5.15 Å². The zero-order valence-corrected chi connectivity index (χ0v) is 12.9. The van der Waals surface area contributed by atoms with Gasteiger partial charge in [0, 0.05) is 16.8 Å². The van der Waals surface area contributed by atoms with Crippen LogP contribution in [0.15, 0.2) is 12.1 Å². The Morgan fingerprint density at radius 2 is 1.58 bits per heavy atom. The van der Waals surface area contributed by atoms with E-state index in [1.807, 2.05) is 6.92 Å². The van der Waals surface area contributed by atoms with E-state index < -0.39 is 0 Å². The van der Waals surface area contributed by atoms with E-state index in [1.54, 1.807) is 0 Å². The van der Waals surface area contributed by atoms with Gasteiger partial charge in [-0.3, -0.25) is 0 Å². The SMILES string of the molecule is CCc1c(C)nc(-c2cc(C)c(C)cc2C)nc1Cl. The number of hydrogen-bond acceptors (Lipinski definition) is 2. The summed E-state index contributed by atoms with van der Waals surface area (Å²) in [5.41, 5.74) is 6.78. The van der Waals surface area contributed by atoms with Gasteiger partial charge in [-0.05, 0) is 56.9 Å². The van der Waals surface area contributed by atoms with Gasteiger partial charge in [-0.1, -0.05) is 24.6 Å². The van der Waals surface area contributed by atoms with Gasteiger partial charge in [0.2, 0.25) is 0 Å². The number of nitrogens with zero attached hydrogens (tertiary/aromatic N) is 2. The molecule has 3 heteroatoms. The first-order valence-electron chi connectivity index (χ1n) is 6.55. The Labute approximate surface area is 119 Å². The molecule has 0 N–H and O–H groups in total. The van der Waals surface area contributed by atoms with Crippen LogP contribution in [0.25, 0.3) is 11.4 Å². The van der Waals surface area contributed by atoms with Gasteiger partial charge in [0.1, 0.15) is 5.15 Å². The van der Waals surface area contributed by atoms with E-state index in [0.717, 1.165) is 29.1 Å². The van der Waals surface area contributed by atoms with Crippen molar-refractivity contribution in [3.8, 4) is 11.4 Å². The monoisotopic (exact) mass is 274 g/mol. The molecule has 100 valence electrons. The first kappa shape index (κ1) is 14.0. The molecule has 0 radical (unpaired) electrons. The molecule has 1 aromatic carbocycles. The van der Waals surface area contributed by atoms with E-state index in [1.165, 1.54) is 16.7 Å². The molecule has 1 heterocycles. The number of aryl methyl sites for hydroxylation is 4. The fraction of sp³-hybridized carbons (Fsp3) is 0.375. The van der Waals surface area contributed by atoms with Gasteiger partial charge in [0.25, 0.3) is 0 Å². The first-order valence-corrected chi connectivity index (χ1v) is 6.93. The number of benzene rings is 1. The maximum absolute atomic E-state index is 6.26. The molecule has 2 nitrogen and oxygen atoms in total. The average molecular weight is 275 g/mol. The van der Waals surface area contributed by atoms with E-state index in [4.69, 9.17) is 11.6 Å². The topological polar surface area (TPSA) is 25.8 Å². The van der Waals surface area contributed by atoms with Gasteiger partial charge in [0.05, 0.1) is 0 Å². The minimum absolute atomic E-state index is 0.572. The van der Waals surface area contributed by atoms with Crippen LogP contribution in [0.3, 0.4) is 0 Å². The lowest BCUT2D eigenvalue weighted by molar-refractivity contribution is 1.000. The van der Waals surface area contributed by atoms with Crippen molar-refractivity contribution in [2.45, 2.75) is 41.0 Å². The molecule has 0 unspecified atom stereocenters. The quantitative estimate of drug-likeness (QED) is 0.749. The Balaban J connectivity index is 2.63. The van der Waals surface area contributed by atoms with E-state index in [2.05, 4.69) is 49.8 Å². The Morgan fingerprint density at radius 1 is 0.947 bits per heavy atom. The molecule has 0 spiro atoms. The summed E-state index contributed by atoms with van der Waals surface area (Å²) in [6, 6.07) is 4.31. The van der Waals surface area contributed by atoms with Crippen molar-refractivity contribution in [3.05, 3.63) is 45.2 Å². The molecular weight excluding hydrogens is 256 g/mol. The minimum Gasteiger partial charge on any atom is -0.233 e. The number of hydrogen-bond donors (Lipinski definition) is 0. The van der Waals surface area contributed by atoms with Crippen LogP contribution in [-0.2, 0) is 6.42 Å². The predicted molar refractivity (Wildman–Crippen MR) is 80.8 cm³/mol. The second kappa shape index (κ2) is 5.30. The third kappa shape index (κ3) is 2.64. The van der Waals surface area contributed by atoms with Crippen molar-refractivity contribution in [2.75, 3.05) is 0 Å². The van der Waals surface area contributed by atoms with Crippen molar-refractivity contribution in [1.82, 2.24) is 9.97 Å². The highest BCUT2D eigenvalue weighted by atomic mass is 35.5. The molecule has 0 amide bonds. The molecule has 0 aliphatic heterocycles. The van der Waals surface area contributed by atoms with Gasteiger partial charge in [-0.2, -0.15) is 0 Å². The predicted octanol–water partition coefficient (Wildman–Crippen LogP) is 4.59. The molecule has 0 aliphatic carbocycles. The maximum Gasteiger partial charge on any atom is 0.161 e. The second-order valence-corrected chi connectivity index (χ2v) is 5.36. The lowest BCUT2D eigenvalue weighted by Crippen LogP contribution is -2.01. The molecule has 2 aromatic rings. The Hall–Kier alpha value is -1.41. The summed E-state index contributed by atoms with van der Waals surface area (Å²) in [6.45, 7) is 10.4. The van der Waals surface area contributed by atoms with Crippen molar-refractivity contribution in [2.24, 2.45) is 0 Å². The van der Waals surface area contributed by atoms with Gasteiger partial charge in [-0.25, -0.2) is 9.97 Å². The smallest absolute Gasteiger partial charge is 0.161 e. The van der Waals surface area contributed by atoms with Crippen LogP contribution in [0.1, 0.15) is 34.9 Å². The summed E-state index contributed by atoms with van der Waals surface area (Å²) in [7, 11) is 0. The van der Waals surface area contributed by atoms with Crippen molar-refractivity contribution in [1.29, 1.82) is 0 Å². The zero-order valence-electron chi connectivity index (χ0n) is 12.1. The van der Waals surface area contributed by atoms with Crippen molar-refractivity contribution >= 4 is 11.6 Å². The third-order valence-electron chi connectivity index (χ3n) is 3.60. The van der Waals surface area contributed by atoms with Gasteiger partial charge in [0.15, 0.2) is 5.82 Å². The molecule has 0 fully saturated rings. The molecular formula is C16H19ClN2. The highest BCUT2D eigenvalue weighted by Gasteiger charge is 2.12. The highest BCUT2D eigenvalue weighted by Crippen LogP contribution is 2.27. The zero-order chi connectivity index (χ0) is 14.2. The minimum atomic E-state index is 0.572. The number of halogens is 1. The molecule has 0 atom stereocenters. The fourth-order valence-electron chi connectivity index (χ4n) is 2.28. The highest BCUT2D eigenvalue weighted by molar-refractivity contribution is 6.30. The number of rotatable bonds is 2. The van der Waals surface area contributed by atoms with E-state index in [0.29, 0.717) is 5.15 Å². The van der Waals surface area contributed by atoms with E-state index in [-0.39, 0.29) is 0 Å². The van der Waals surface area contributed by atoms with E-state index >= 15 is 0 Å². The molecule has 1 aromatic heterocycles. The average Bonchev–Trinajstić information content (AvgIpc) is 2.33. The van der Waals surface area contributed by atoms with Gasteiger partial charge < -0.3 is 0 Å². The summed E-state index contributed by atoms with van der Waals surface area (Å²) in [5, 5.41) is 0.572. The van der Waals surface area contributed by atoms with E-state index in [9.17, 15) is 0 Å². The van der Waals surface area contributed by atoms with Gasteiger partial charge in [-0.15, -0.1) is 0 Å². The fourth-order valence-corrected chi connectivity index (χ4v) is 2.64. The first-order chi connectivity index (χ1) is 8.93. The maximum atomic E-state index is 6.26. The van der Waals surface area contributed by atoms with Crippen molar-refractivity contribution in [3.63, 3.8) is 0 Å². The third-order valence-corrected chi connectivity index (χ3v) is 3.91. The second-order valence-electron chi connectivity index (χ2n) is 5.01. The molecule has 0 saturated heterocycles. The summed E-state index contributed by atoms with van der Waals surface area (Å²) in [6.07, 6.45) is 0.858.